The Balaban J connectivity index is 1.52. The van der Waals surface area contributed by atoms with Crippen LogP contribution in [0.1, 0.15) is 28.4 Å². The fourth-order valence-electron chi connectivity index (χ4n) is 2.91. The molecule has 0 aliphatic heterocycles. The molecule has 7 nitrogen and oxygen atoms in total. The van der Waals surface area contributed by atoms with Crippen molar-refractivity contribution in [2.45, 2.75) is 25.6 Å². The molecule has 0 aliphatic rings. The second-order valence-electron chi connectivity index (χ2n) is 7.94. The highest BCUT2D eigenvalue weighted by molar-refractivity contribution is 5.91. The quantitative estimate of drug-likeness (QED) is 0.127. The Kier molecular flexibility index (Phi) is 8.06. The molecular weight excluding hydrogens is 496 g/mol. The van der Waals surface area contributed by atoms with Crippen LogP contribution in [0.3, 0.4) is 0 Å². The number of alkyl halides is 4. The van der Waals surface area contributed by atoms with Crippen LogP contribution in [0.4, 0.5) is 28.9 Å². The van der Waals surface area contributed by atoms with E-state index in [0.717, 1.165) is 24.3 Å². The number of benzene rings is 3. The topological polar surface area (TPSA) is 114 Å². The lowest BCUT2D eigenvalue weighted by atomic mass is 10.2. The minimum absolute atomic E-state index is 0.00603. The molecule has 11 heteroatoms. The molecule has 37 heavy (non-hydrogen) atoms. The summed E-state index contributed by atoms with van der Waals surface area (Å²) < 4.78 is 66.8. The third-order valence-electron chi connectivity index (χ3n) is 4.77. The number of hydrogen-bond acceptors (Lipinski definition) is 7. The molecule has 0 aliphatic carbocycles. The van der Waals surface area contributed by atoms with Gasteiger partial charge in [0.2, 0.25) is 0 Å². The normalized spacial score (nSPS) is 11.8. The van der Waals surface area contributed by atoms with Crippen molar-refractivity contribution in [2.24, 2.45) is 0 Å². The number of esters is 2. The molecule has 0 bridgehead atoms. The third kappa shape index (κ3) is 7.72. The second kappa shape index (κ2) is 11.0. The van der Waals surface area contributed by atoms with Crippen molar-refractivity contribution in [3.05, 3.63) is 89.5 Å². The van der Waals surface area contributed by atoms with Crippen molar-refractivity contribution in [3.8, 4) is 11.5 Å². The maximum atomic E-state index is 13.3. The fraction of sp³-hybridized carbons (Fsp3) is 0.154. The maximum Gasteiger partial charge on any atom is 0.463 e. The molecule has 3 rings (SSSR count). The van der Waals surface area contributed by atoms with Crippen LogP contribution in [0.2, 0.25) is 0 Å². The largest absolute Gasteiger partial charge is 0.463 e. The number of anilines is 2. The number of hydrogen-bond donors (Lipinski definition) is 2. The number of ether oxygens (including phenoxy) is 3. The molecule has 0 atom stereocenters. The Morgan fingerprint density at radius 2 is 1.43 bits per heavy atom. The first kappa shape index (κ1) is 27.1. The predicted octanol–water partition coefficient (Wildman–Crippen LogP) is 5.45. The van der Waals surface area contributed by atoms with E-state index in [1.54, 1.807) is 30.3 Å². The summed E-state index contributed by atoms with van der Waals surface area (Å²) in [5.74, 6) is -6.17. The highest BCUT2D eigenvalue weighted by atomic mass is 19.3. The first-order valence-corrected chi connectivity index (χ1v) is 10.7. The summed E-state index contributed by atoms with van der Waals surface area (Å²) in [5.41, 5.74) is 13.5. The van der Waals surface area contributed by atoms with E-state index in [2.05, 4.69) is 4.74 Å². The van der Waals surface area contributed by atoms with Crippen LogP contribution in [-0.4, -0.2) is 24.0 Å². The molecule has 194 valence electrons. The molecule has 3 aromatic carbocycles. The van der Waals surface area contributed by atoms with Gasteiger partial charge in [0.25, 0.3) is 0 Å². The van der Waals surface area contributed by atoms with Gasteiger partial charge in [-0.1, -0.05) is 12.1 Å². The summed E-state index contributed by atoms with van der Waals surface area (Å²) >= 11 is 0. The minimum Gasteiger partial charge on any atom is -0.458 e. The molecule has 0 saturated heterocycles. The van der Waals surface area contributed by atoms with Gasteiger partial charge in [-0.25, -0.2) is 9.59 Å². The number of rotatable bonds is 9. The number of nitrogen functional groups attached to an aromatic ring is 2. The van der Waals surface area contributed by atoms with Gasteiger partial charge in [-0.05, 0) is 71.8 Å². The summed E-state index contributed by atoms with van der Waals surface area (Å²) in [6.45, 7) is 0.0270. The molecule has 0 aromatic heterocycles. The van der Waals surface area contributed by atoms with Crippen LogP contribution in [-0.2, 0) is 16.1 Å². The van der Waals surface area contributed by atoms with E-state index < -0.39 is 29.7 Å². The van der Waals surface area contributed by atoms with Crippen LogP contribution in [0.5, 0.6) is 11.5 Å². The van der Waals surface area contributed by atoms with Crippen LogP contribution in [0.25, 0.3) is 6.08 Å². The lowest BCUT2D eigenvalue weighted by molar-refractivity contribution is -0.301. The van der Waals surface area contributed by atoms with Crippen molar-refractivity contribution in [3.63, 3.8) is 0 Å². The summed E-state index contributed by atoms with van der Waals surface area (Å²) in [6, 6.07) is 15.1. The minimum atomic E-state index is -4.72. The lowest BCUT2D eigenvalue weighted by Crippen LogP contribution is -2.42. The number of halogens is 4. The zero-order valence-electron chi connectivity index (χ0n) is 19.4. The van der Waals surface area contributed by atoms with Gasteiger partial charge in [-0.3, -0.25) is 0 Å². The van der Waals surface area contributed by atoms with E-state index in [4.69, 9.17) is 20.9 Å². The highest BCUT2D eigenvalue weighted by Gasteiger charge is 2.55. The molecule has 4 N–H and O–H groups in total. The summed E-state index contributed by atoms with van der Waals surface area (Å²) in [4.78, 5) is 24.2. The molecule has 0 radical (unpaired) electrons. The van der Waals surface area contributed by atoms with Gasteiger partial charge in [-0.15, -0.1) is 0 Å². The maximum absolute atomic E-state index is 13.3. The van der Waals surface area contributed by atoms with Crippen molar-refractivity contribution < 1.29 is 41.4 Å². The van der Waals surface area contributed by atoms with E-state index in [1.807, 2.05) is 0 Å². The Bertz CT molecular complexity index is 1270. The van der Waals surface area contributed by atoms with E-state index in [1.165, 1.54) is 24.3 Å². The van der Waals surface area contributed by atoms with Crippen molar-refractivity contribution in [1.82, 2.24) is 0 Å². The van der Waals surface area contributed by atoms with Crippen LogP contribution in [0, 0.1) is 0 Å². The molecule has 0 amide bonds. The first-order chi connectivity index (χ1) is 17.3. The lowest BCUT2D eigenvalue weighted by Gasteiger charge is -2.23. The smallest absolute Gasteiger partial charge is 0.458 e. The molecule has 0 heterocycles. The Morgan fingerprint density at radius 3 is 2.00 bits per heavy atom. The van der Waals surface area contributed by atoms with E-state index in [0.29, 0.717) is 22.5 Å². The molecular formula is C26H22F4N2O5. The summed E-state index contributed by atoms with van der Waals surface area (Å²) in [7, 11) is 0. The van der Waals surface area contributed by atoms with Gasteiger partial charge in [0.1, 0.15) is 18.1 Å². The first-order valence-electron chi connectivity index (χ1n) is 10.7. The molecule has 0 spiro atoms. The molecule has 0 saturated carbocycles. The Morgan fingerprint density at radius 1 is 0.865 bits per heavy atom. The molecule has 0 unspecified atom stereocenters. The number of carbonyl (C=O) groups excluding carboxylic acids is 2. The zero-order valence-corrected chi connectivity index (χ0v) is 19.4. The average molecular weight is 518 g/mol. The molecule has 3 aromatic rings. The van der Waals surface area contributed by atoms with E-state index >= 15 is 0 Å². The summed E-state index contributed by atoms with van der Waals surface area (Å²) in [5, 5.41) is 0. The Labute approximate surface area is 209 Å². The fourth-order valence-corrected chi connectivity index (χ4v) is 2.91. The number of carbonyl (C=O) groups is 2. The zero-order chi connectivity index (χ0) is 27.2. The standard InChI is InChI=1S/C26H22F4N2O5/c1-25(27,28)26(29,30)37-22-9-5-18(6-10-22)24(34)36-21-7-2-16(3-8-21)4-11-23(33)35-15-17-12-19(31)14-20(32)13-17/h2-14H,15,31-32H2,1H3/b11-4+. The highest BCUT2D eigenvalue weighted by Crippen LogP contribution is 2.35. The summed E-state index contributed by atoms with van der Waals surface area (Å²) in [6.07, 6.45) is -2.00. The van der Waals surface area contributed by atoms with Crippen LogP contribution in [0.15, 0.2) is 72.8 Å². The van der Waals surface area contributed by atoms with Crippen LogP contribution < -0.4 is 20.9 Å². The van der Waals surface area contributed by atoms with Crippen molar-refractivity contribution >= 4 is 29.4 Å². The predicted molar refractivity (Wildman–Crippen MR) is 128 cm³/mol. The van der Waals surface area contributed by atoms with Crippen LogP contribution >= 0.6 is 0 Å². The van der Waals surface area contributed by atoms with E-state index in [-0.39, 0.29) is 24.8 Å². The average Bonchev–Trinajstić information content (AvgIpc) is 2.81. The monoisotopic (exact) mass is 518 g/mol. The van der Waals surface area contributed by atoms with Gasteiger partial charge < -0.3 is 25.7 Å². The van der Waals surface area contributed by atoms with Crippen molar-refractivity contribution in [1.29, 1.82) is 0 Å². The Hall–Kier alpha value is -4.54. The second-order valence-corrected chi connectivity index (χ2v) is 7.94. The number of nitrogens with two attached hydrogens (primary N) is 2. The van der Waals surface area contributed by atoms with Crippen molar-refractivity contribution in [2.75, 3.05) is 11.5 Å². The van der Waals surface area contributed by atoms with Gasteiger partial charge in [0.15, 0.2) is 0 Å². The van der Waals surface area contributed by atoms with Gasteiger partial charge in [-0.2, -0.15) is 17.6 Å². The molecule has 0 fully saturated rings. The van der Waals surface area contributed by atoms with Gasteiger partial charge in [0.05, 0.1) is 5.56 Å². The van der Waals surface area contributed by atoms with E-state index in [9.17, 15) is 27.2 Å². The SMILES string of the molecule is CC(F)(F)C(F)(F)Oc1ccc(C(=O)Oc2ccc(/C=C/C(=O)OCc3cc(N)cc(N)c3)cc2)cc1. The van der Waals surface area contributed by atoms with Gasteiger partial charge in [0, 0.05) is 24.4 Å². The van der Waals surface area contributed by atoms with Gasteiger partial charge >= 0.3 is 24.0 Å². The third-order valence-corrected chi connectivity index (χ3v) is 4.77.